The van der Waals surface area contributed by atoms with Crippen molar-refractivity contribution in [1.29, 1.82) is 0 Å². The zero-order chi connectivity index (χ0) is 23.9. The van der Waals surface area contributed by atoms with E-state index in [2.05, 4.69) is 121 Å². The van der Waals surface area contributed by atoms with Crippen molar-refractivity contribution in [1.82, 2.24) is 0 Å². The zero-order valence-corrected chi connectivity index (χ0v) is 20.6. The van der Waals surface area contributed by atoms with Crippen molar-refractivity contribution in [3.05, 3.63) is 146 Å². The van der Waals surface area contributed by atoms with Gasteiger partial charge in [0.05, 0.1) is 7.11 Å². The van der Waals surface area contributed by atoms with E-state index in [4.69, 9.17) is 4.74 Å². The van der Waals surface area contributed by atoms with Crippen molar-refractivity contribution in [3.8, 4) is 5.75 Å². The predicted molar refractivity (Wildman–Crippen MR) is 153 cm³/mol. The van der Waals surface area contributed by atoms with E-state index in [1.165, 1.54) is 37.5 Å². The highest BCUT2D eigenvalue weighted by atomic mass is 31.1. The van der Waals surface area contributed by atoms with Gasteiger partial charge in [0.2, 0.25) is 0 Å². The summed E-state index contributed by atoms with van der Waals surface area (Å²) in [7, 11) is 1.17. The normalized spacial score (nSPS) is 10.7. The standard InChI is InChI=1S/C22H17P.C11H10O/c1-3-11-20(12-4-1)23(21-13-5-2-6-14-21)22-16-15-18-9-7-8-10-19(18)17-22;1-12-11-7-6-9-4-2-3-5-10(9)8-11/h1-17H;2-8H,1H3. The van der Waals surface area contributed by atoms with Gasteiger partial charge in [-0.05, 0) is 63.6 Å². The second-order valence-corrected chi connectivity index (χ2v) is 10.5. The number of hydrogen-bond donors (Lipinski definition) is 0. The molecule has 0 bridgehead atoms. The van der Waals surface area contributed by atoms with Gasteiger partial charge in [-0.2, -0.15) is 0 Å². The Morgan fingerprint density at radius 1 is 0.400 bits per heavy atom. The average molecular weight is 471 g/mol. The molecule has 0 amide bonds. The minimum Gasteiger partial charge on any atom is -0.497 e. The largest absolute Gasteiger partial charge is 0.497 e. The van der Waals surface area contributed by atoms with Crippen LogP contribution in [-0.2, 0) is 0 Å². The van der Waals surface area contributed by atoms with Gasteiger partial charge in [0, 0.05) is 0 Å². The maximum atomic E-state index is 5.12. The second-order valence-electron chi connectivity index (χ2n) is 8.25. The summed E-state index contributed by atoms with van der Waals surface area (Å²) in [6.45, 7) is 0. The Bertz CT molecular complexity index is 1490. The molecule has 0 radical (unpaired) electrons. The molecule has 0 atom stereocenters. The van der Waals surface area contributed by atoms with Gasteiger partial charge in [0.15, 0.2) is 0 Å². The number of ether oxygens (including phenoxy) is 1. The van der Waals surface area contributed by atoms with E-state index in [1.54, 1.807) is 7.11 Å². The van der Waals surface area contributed by atoms with Crippen molar-refractivity contribution in [2.45, 2.75) is 0 Å². The van der Waals surface area contributed by atoms with Gasteiger partial charge >= 0.3 is 0 Å². The van der Waals surface area contributed by atoms with Crippen LogP contribution in [0, 0.1) is 0 Å². The zero-order valence-electron chi connectivity index (χ0n) is 19.7. The van der Waals surface area contributed by atoms with Crippen LogP contribution in [0.2, 0.25) is 0 Å². The minimum atomic E-state index is -0.519. The monoisotopic (exact) mass is 470 g/mol. The fourth-order valence-corrected chi connectivity index (χ4v) is 6.54. The van der Waals surface area contributed by atoms with Gasteiger partial charge in [0.1, 0.15) is 5.75 Å². The van der Waals surface area contributed by atoms with Crippen LogP contribution >= 0.6 is 7.92 Å². The Hall–Kier alpha value is -3.93. The van der Waals surface area contributed by atoms with Crippen molar-refractivity contribution in [2.75, 3.05) is 7.11 Å². The Kier molecular flexibility index (Phi) is 7.18. The first-order valence-electron chi connectivity index (χ1n) is 11.7. The van der Waals surface area contributed by atoms with Crippen molar-refractivity contribution >= 4 is 45.4 Å². The third-order valence-corrected chi connectivity index (χ3v) is 8.40. The third-order valence-electron chi connectivity index (χ3n) is 5.98. The van der Waals surface area contributed by atoms with Crippen LogP contribution in [0.3, 0.4) is 0 Å². The maximum absolute atomic E-state index is 5.12. The van der Waals surface area contributed by atoms with Gasteiger partial charge in [-0.3, -0.25) is 0 Å². The van der Waals surface area contributed by atoms with E-state index in [0.717, 1.165) is 5.75 Å². The molecule has 0 heterocycles. The molecule has 0 saturated carbocycles. The molecule has 170 valence electrons. The van der Waals surface area contributed by atoms with Crippen LogP contribution in [0.1, 0.15) is 0 Å². The lowest BCUT2D eigenvalue weighted by Crippen LogP contribution is -2.20. The second kappa shape index (κ2) is 11.0. The molecule has 1 nitrogen and oxygen atoms in total. The van der Waals surface area contributed by atoms with Gasteiger partial charge in [-0.25, -0.2) is 0 Å². The average Bonchev–Trinajstić information content (AvgIpc) is 2.94. The summed E-state index contributed by atoms with van der Waals surface area (Å²) in [4.78, 5) is 0. The van der Waals surface area contributed by atoms with Crippen LogP contribution in [0.5, 0.6) is 5.75 Å². The molecule has 0 N–H and O–H groups in total. The summed E-state index contributed by atoms with van der Waals surface area (Å²) in [5.74, 6) is 0.911. The molecule has 6 aromatic rings. The number of rotatable bonds is 4. The van der Waals surface area contributed by atoms with E-state index < -0.39 is 7.92 Å². The smallest absolute Gasteiger partial charge is 0.119 e. The predicted octanol–water partition coefficient (Wildman–Crippen LogP) is 7.45. The summed E-state index contributed by atoms with van der Waals surface area (Å²) in [5, 5.41) is 9.26. The van der Waals surface area contributed by atoms with Crippen LogP contribution in [0.15, 0.2) is 146 Å². The molecule has 35 heavy (non-hydrogen) atoms. The van der Waals surface area contributed by atoms with Gasteiger partial charge in [0.25, 0.3) is 0 Å². The van der Waals surface area contributed by atoms with Crippen molar-refractivity contribution < 1.29 is 4.74 Å². The minimum absolute atomic E-state index is 0.519. The molecule has 0 aromatic heterocycles. The van der Waals surface area contributed by atoms with E-state index >= 15 is 0 Å². The lowest BCUT2D eigenvalue weighted by atomic mass is 10.1. The molecule has 0 saturated heterocycles. The first-order valence-corrected chi connectivity index (χ1v) is 13.1. The highest BCUT2D eigenvalue weighted by molar-refractivity contribution is 7.79. The quantitative estimate of drug-likeness (QED) is 0.243. The topological polar surface area (TPSA) is 9.23 Å². The molecule has 2 heteroatoms. The first kappa shape index (κ1) is 22.8. The summed E-state index contributed by atoms with van der Waals surface area (Å²) in [6.07, 6.45) is 0. The van der Waals surface area contributed by atoms with E-state index in [-0.39, 0.29) is 0 Å². The molecular weight excluding hydrogens is 443 g/mol. The molecule has 6 aromatic carbocycles. The highest BCUT2D eigenvalue weighted by Gasteiger charge is 2.16. The maximum Gasteiger partial charge on any atom is 0.119 e. The molecule has 6 rings (SSSR count). The van der Waals surface area contributed by atoms with Crippen LogP contribution in [0.4, 0.5) is 0 Å². The van der Waals surface area contributed by atoms with Crippen LogP contribution in [0.25, 0.3) is 21.5 Å². The number of fused-ring (bicyclic) bond motifs is 2. The lowest BCUT2D eigenvalue weighted by Gasteiger charge is -2.19. The van der Waals surface area contributed by atoms with Crippen molar-refractivity contribution in [3.63, 3.8) is 0 Å². The summed E-state index contributed by atoms with van der Waals surface area (Å²) < 4.78 is 5.12. The summed E-state index contributed by atoms with van der Waals surface area (Å²) in [5.41, 5.74) is 0. The Morgan fingerprint density at radius 2 is 0.857 bits per heavy atom. The van der Waals surface area contributed by atoms with Gasteiger partial charge in [-0.1, -0.05) is 127 Å². The summed E-state index contributed by atoms with van der Waals surface area (Å²) in [6, 6.07) is 51.4. The molecule has 0 aliphatic heterocycles. The highest BCUT2D eigenvalue weighted by Crippen LogP contribution is 2.33. The fourth-order valence-electron chi connectivity index (χ4n) is 4.21. The summed E-state index contributed by atoms with van der Waals surface area (Å²) >= 11 is 0. The van der Waals surface area contributed by atoms with Gasteiger partial charge < -0.3 is 4.74 Å². The Morgan fingerprint density at radius 3 is 1.40 bits per heavy atom. The fraction of sp³-hybridized carbons (Fsp3) is 0.0303. The van der Waals surface area contributed by atoms with E-state index in [0.29, 0.717) is 0 Å². The first-order chi connectivity index (χ1) is 17.3. The molecule has 0 unspecified atom stereocenters. The number of methoxy groups -OCH3 is 1. The van der Waals surface area contributed by atoms with Crippen molar-refractivity contribution in [2.24, 2.45) is 0 Å². The molecular formula is C33H27OP. The Balaban J connectivity index is 0.000000178. The van der Waals surface area contributed by atoms with Crippen LogP contribution < -0.4 is 20.7 Å². The van der Waals surface area contributed by atoms with E-state index in [1.807, 2.05) is 24.3 Å². The third kappa shape index (κ3) is 5.43. The molecule has 0 fully saturated rings. The molecule has 0 spiro atoms. The Labute approximate surface area is 208 Å². The number of benzene rings is 6. The lowest BCUT2D eigenvalue weighted by molar-refractivity contribution is 0.415. The van der Waals surface area contributed by atoms with Gasteiger partial charge in [-0.15, -0.1) is 0 Å². The molecule has 0 aliphatic rings. The molecule has 0 aliphatic carbocycles. The number of hydrogen-bond acceptors (Lipinski definition) is 1. The van der Waals surface area contributed by atoms with E-state index in [9.17, 15) is 0 Å². The SMILES string of the molecule is COc1ccc2ccccc2c1.c1ccc(P(c2ccccc2)c2ccc3ccccc3c2)cc1. The van der Waals surface area contributed by atoms with Crippen LogP contribution in [-0.4, -0.2) is 7.11 Å².